The number of nitrogens with one attached hydrogen (secondary N) is 1. The quantitative estimate of drug-likeness (QED) is 0.246. The smallest absolute Gasteiger partial charge is 0.282 e. The molecule has 40 heavy (non-hydrogen) atoms. The summed E-state index contributed by atoms with van der Waals surface area (Å²) in [6.45, 7) is 3.04. The Kier molecular flexibility index (Phi) is 7.67. The molecule has 1 aliphatic rings. The summed E-state index contributed by atoms with van der Waals surface area (Å²) in [6, 6.07) is 5.32. The van der Waals surface area contributed by atoms with Crippen LogP contribution in [0.3, 0.4) is 0 Å². The van der Waals surface area contributed by atoms with Crippen molar-refractivity contribution in [2.24, 2.45) is 0 Å². The first-order valence-electron chi connectivity index (χ1n) is 12.6. The molecule has 0 bridgehead atoms. The third kappa shape index (κ3) is 5.33. The molecule has 1 saturated heterocycles. The van der Waals surface area contributed by atoms with Gasteiger partial charge in [0.05, 0.1) is 11.9 Å². The number of benzene rings is 1. The molecule has 4 aromatic rings. The number of alkyl halides is 4. The number of aryl methyl sites for hydroxylation is 1. The number of halogens is 4. The summed E-state index contributed by atoms with van der Waals surface area (Å²) < 4.78 is 55.4. The Hall–Kier alpha value is -4.49. The van der Waals surface area contributed by atoms with Gasteiger partial charge in [0, 0.05) is 61.6 Å². The van der Waals surface area contributed by atoms with Gasteiger partial charge in [0.1, 0.15) is 12.2 Å². The van der Waals surface area contributed by atoms with E-state index >= 15 is 0 Å². The zero-order valence-electron chi connectivity index (χ0n) is 21.5. The van der Waals surface area contributed by atoms with Gasteiger partial charge < -0.3 is 15.1 Å². The van der Waals surface area contributed by atoms with Crippen molar-refractivity contribution in [3.8, 4) is 11.3 Å². The Bertz CT molecular complexity index is 1530. The lowest BCUT2D eigenvalue weighted by Gasteiger charge is -2.33. The van der Waals surface area contributed by atoms with E-state index in [0.29, 0.717) is 55.3 Å². The zero-order chi connectivity index (χ0) is 28.4. The number of anilines is 2. The molecular weight excluding hydrogens is 532 g/mol. The van der Waals surface area contributed by atoms with E-state index < -0.39 is 25.1 Å². The second kappa shape index (κ2) is 11.3. The van der Waals surface area contributed by atoms with Gasteiger partial charge in [-0.1, -0.05) is 6.92 Å². The summed E-state index contributed by atoms with van der Waals surface area (Å²) in [5.41, 5.74) is 1.98. The van der Waals surface area contributed by atoms with Crippen LogP contribution in [0.1, 0.15) is 35.0 Å². The molecule has 14 heteroatoms. The van der Waals surface area contributed by atoms with Crippen LogP contribution in [0.15, 0.2) is 43.0 Å². The molecule has 1 N–H and O–H groups in total. The van der Waals surface area contributed by atoms with Crippen molar-refractivity contribution in [1.29, 1.82) is 0 Å². The van der Waals surface area contributed by atoms with Gasteiger partial charge in [-0.15, -0.1) is 0 Å². The Morgan fingerprint density at radius 1 is 1.12 bits per heavy atom. The van der Waals surface area contributed by atoms with Crippen LogP contribution in [0, 0.1) is 0 Å². The molecule has 1 aliphatic heterocycles. The Labute approximate surface area is 226 Å². The average molecular weight is 559 g/mol. The molecule has 0 radical (unpaired) electrons. The minimum atomic E-state index is -2.97. The second-order valence-corrected chi connectivity index (χ2v) is 9.24. The summed E-state index contributed by atoms with van der Waals surface area (Å²) in [7, 11) is 0. The van der Waals surface area contributed by atoms with Crippen LogP contribution in [-0.4, -0.2) is 78.9 Å². The van der Waals surface area contributed by atoms with Gasteiger partial charge in [-0.25, -0.2) is 27.5 Å². The fraction of sp³-hybridized carbons (Fsp3) is 0.346. The number of imidazole rings is 1. The van der Waals surface area contributed by atoms with E-state index in [0.717, 1.165) is 22.9 Å². The van der Waals surface area contributed by atoms with Gasteiger partial charge in [0.2, 0.25) is 6.41 Å². The fourth-order valence-corrected chi connectivity index (χ4v) is 4.75. The predicted molar refractivity (Wildman–Crippen MR) is 138 cm³/mol. The van der Waals surface area contributed by atoms with Crippen LogP contribution in [0.2, 0.25) is 0 Å². The highest BCUT2D eigenvalue weighted by atomic mass is 19.3. The molecular formula is C26H26F4N8O2. The summed E-state index contributed by atoms with van der Waals surface area (Å²) in [5.74, 6) is 0.229. The molecule has 0 atom stereocenters. The van der Waals surface area contributed by atoms with Crippen LogP contribution in [0.4, 0.5) is 29.1 Å². The first kappa shape index (κ1) is 27.1. The molecule has 0 saturated carbocycles. The normalized spacial score (nSPS) is 14.0. The SMILES string of the molecule is CCc1cc(Nc2nccn3c(-c4cn(CC(F)F)nc4C(F)F)cnc23)ccc1C(=O)N1CCN(C=O)CC1. The molecule has 10 nitrogen and oxygen atoms in total. The number of carbonyl (C=O) groups excluding carboxylic acids is 2. The monoisotopic (exact) mass is 558 g/mol. The number of carbonyl (C=O) groups is 2. The number of hydrogen-bond acceptors (Lipinski definition) is 6. The van der Waals surface area contributed by atoms with Crippen molar-refractivity contribution >= 4 is 29.5 Å². The van der Waals surface area contributed by atoms with Crippen LogP contribution >= 0.6 is 0 Å². The fourth-order valence-electron chi connectivity index (χ4n) is 4.75. The lowest BCUT2D eigenvalue weighted by Crippen LogP contribution is -2.48. The number of aromatic nitrogens is 5. The maximum atomic E-state index is 13.7. The summed E-state index contributed by atoms with van der Waals surface area (Å²) >= 11 is 0. The first-order valence-corrected chi connectivity index (χ1v) is 12.6. The highest BCUT2D eigenvalue weighted by Gasteiger charge is 2.25. The van der Waals surface area contributed by atoms with Gasteiger partial charge in [-0.2, -0.15) is 5.10 Å². The van der Waals surface area contributed by atoms with Crippen LogP contribution in [0.5, 0.6) is 0 Å². The van der Waals surface area contributed by atoms with E-state index in [1.165, 1.54) is 23.0 Å². The third-order valence-electron chi connectivity index (χ3n) is 6.76. The third-order valence-corrected chi connectivity index (χ3v) is 6.76. The molecule has 4 heterocycles. The van der Waals surface area contributed by atoms with Gasteiger partial charge >= 0.3 is 0 Å². The first-order chi connectivity index (χ1) is 19.3. The molecule has 0 unspecified atom stereocenters. The zero-order valence-corrected chi connectivity index (χ0v) is 21.5. The molecule has 210 valence electrons. The lowest BCUT2D eigenvalue weighted by molar-refractivity contribution is -0.119. The molecule has 1 fully saturated rings. The highest BCUT2D eigenvalue weighted by Crippen LogP contribution is 2.32. The Balaban J connectivity index is 1.42. The van der Waals surface area contributed by atoms with Crippen molar-refractivity contribution in [3.05, 3.63) is 59.8 Å². The van der Waals surface area contributed by atoms with Crippen molar-refractivity contribution in [3.63, 3.8) is 0 Å². The maximum Gasteiger partial charge on any atom is 0.282 e. The molecule has 3 aromatic heterocycles. The molecule has 0 aliphatic carbocycles. The summed E-state index contributed by atoms with van der Waals surface area (Å²) in [5, 5.41) is 6.83. The number of nitrogens with zero attached hydrogens (tertiary/aromatic N) is 7. The highest BCUT2D eigenvalue weighted by molar-refractivity contribution is 5.96. The number of piperazine rings is 1. The number of rotatable bonds is 9. The van der Waals surface area contributed by atoms with Crippen molar-refractivity contribution in [2.45, 2.75) is 32.7 Å². The van der Waals surface area contributed by atoms with Crippen molar-refractivity contribution in [1.82, 2.24) is 33.9 Å². The predicted octanol–water partition coefficient (Wildman–Crippen LogP) is 4.02. The number of fused-ring (bicyclic) bond motifs is 1. The van der Waals surface area contributed by atoms with Gasteiger partial charge in [0.25, 0.3) is 18.8 Å². The van der Waals surface area contributed by atoms with E-state index in [2.05, 4.69) is 20.4 Å². The van der Waals surface area contributed by atoms with E-state index in [1.54, 1.807) is 21.9 Å². The largest absolute Gasteiger partial charge is 0.342 e. The van der Waals surface area contributed by atoms with Gasteiger partial charge in [0.15, 0.2) is 11.5 Å². The summed E-state index contributed by atoms with van der Waals surface area (Å²) in [4.78, 5) is 36.2. The van der Waals surface area contributed by atoms with Crippen LogP contribution < -0.4 is 5.32 Å². The van der Waals surface area contributed by atoms with Crippen molar-refractivity contribution < 1.29 is 27.2 Å². The lowest BCUT2D eigenvalue weighted by atomic mass is 10.0. The average Bonchev–Trinajstić information content (AvgIpc) is 3.57. The van der Waals surface area contributed by atoms with Crippen molar-refractivity contribution in [2.75, 3.05) is 31.5 Å². The number of hydrogen-bond donors (Lipinski definition) is 1. The topological polar surface area (TPSA) is 101 Å². The Morgan fingerprint density at radius 2 is 1.90 bits per heavy atom. The second-order valence-electron chi connectivity index (χ2n) is 9.24. The molecule has 2 amide bonds. The maximum absolute atomic E-state index is 13.7. The van der Waals surface area contributed by atoms with E-state index in [-0.39, 0.29) is 17.2 Å². The Morgan fingerprint density at radius 3 is 2.58 bits per heavy atom. The van der Waals surface area contributed by atoms with Gasteiger partial charge in [-0.05, 0) is 30.2 Å². The van der Waals surface area contributed by atoms with Gasteiger partial charge in [-0.3, -0.25) is 18.7 Å². The minimum absolute atomic E-state index is 0.00888. The van der Waals surface area contributed by atoms with E-state index in [1.807, 2.05) is 13.0 Å². The summed E-state index contributed by atoms with van der Waals surface area (Å²) in [6.07, 6.45) is 1.18. The molecule has 5 rings (SSSR count). The number of amides is 2. The molecule has 1 aromatic carbocycles. The van der Waals surface area contributed by atoms with E-state index in [9.17, 15) is 27.2 Å². The van der Waals surface area contributed by atoms with Crippen LogP contribution in [-0.2, 0) is 17.8 Å². The molecule has 0 spiro atoms. The van der Waals surface area contributed by atoms with Crippen LogP contribution in [0.25, 0.3) is 16.9 Å². The minimum Gasteiger partial charge on any atom is -0.342 e. The standard InChI is InChI=1S/C26H26F4N8O2/c1-2-16-11-17(3-4-18(16)26(40)36-9-7-35(15-39)8-10-36)33-24-25-32-12-20(38(25)6-5-31-24)19-13-37(14-21(27)28)34-22(19)23(29)30/h3-6,11-13,15,21,23H,2,7-10,14H2,1H3,(H,31,33). The van der Waals surface area contributed by atoms with E-state index in [4.69, 9.17) is 0 Å².